The van der Waals surface area contributed by atoms with Gasteiger partial charge in [-0.25, -0.2) is 4.98 Å². The lowest BCUT2D eigenvalue weighted by Crippen LogP contribution is -2.31. The molecule has 0 amide bonds. The average Bonchev–Trinajstić information content (AvgIpc) is 2.81. The lowest BCUT2D eigenvalue weighted by atomic mass is 10.2. The first-order valence-electron chi connectivity index (χ1n) is 9.66. The van der Waals surface area contributed by atoms with E-state index in [2.05, 4.69) is 22.0 Å². The van der Waals surface area contributed by atoms with Crippen molar-refractivity contribution in [3.63, 3.8) is 0 Å². The van der Waals surface area contributed by atoms with Crippen LogP contribution in [0.1, 0.15) is 5.56 Å². The molecule has 0 N–H and O–H groups in total. The van der Waals surface area contributed by atoms with Crippen LogP contribution in [0.2, 0.25) is 0 Å². The first-order valence-corrected chi connectivity index (χ1v) is 11.6. The normalized spacial score (nSPS) is 11.2. The Morgan fingerprint density at radius 2 is 1.17 bits per heavy atom. The lowest BCUT2D eigenvalue weighted by molar-refractivity contribution is 0.585. The monoisotopic (exact) mass is 398 g/mol. The molecule has 3 nitrogen and oxygen atoms in total. The zero-order valence-corrected chi connectivity index (χ0v) is 17.0. The van der Waals surface area contributed by atoms with E-state index in [9.17, 15) is 4.57 Å². The second kappa shape index (κ2) is 8.89. The molecule has 1 aromatic heterocycles. The van der Waals surface area contributed by atoms with Gasteiger partial charge < -0.3 is 9.46 Å². The molecule has 0 bridgehead atoms. The van der Waals surface area contributed by atoms with Crippen LogP contribution in [-0.2, 0) is 11.1 Å². The van der Waals surface area contributed by atoms with Gasteiger partial charge in [-0.05, 0) is 17.7 Å². The third-order valence-corrected chi connectivity index (χ3v) is 7.91. The molecule has 4 heteroatoms. The molecule has 0 unspecified atom stereocenters. The Hall–Kier alpha value is -3.16. The van der Waals surface area contributed by atoms with E-state index in [1.807, 2.05) is 97.1 Å². The van der Waals surface area contributed by atoms with E-state index in [0.29, 0.717) is 12.8 Å². The van der Waals surface area contributed by atoms with Crippen molar-refractivity contribution in [1.29, 1.82) is 0 Å². The summed E-state index contributed by atoms with van der Waals surface area (Å²) in [6, 6.07) is 35.7. The average molecular weight is 398 g/mol. The molecule has 0 radical (unpaired) electrons. The number of anilines is 1. The molecule has 144 valence electrons. The fourth-order valence-corrected chi connectivity index (χ4v) is 6.10. The highest BCUT2D eigenvalue weighted by molar-refractivity contribution is 7.78. The van der Waals surface area contributed by atoms with Crippen molar-refractivity contribution in [2.24, 2.45) is 0 Å². The summed E-state index contributed by atoms with van der Waals surface area (Å²) < 4.78 is 14.5. The van der Waals surface area contributed by atoms with Gasteiger partial charge in [-0.2, -0.15) is 0 Å². The fraction of sp³-hybridized carbons (Fsp3) is 0.0800. The minimum Gasteiger partial charge on any atom is -0.344 e. The second-order valence-electron chi connectivity index (χ2n) is 6.92. The van der Waals surface area contributed by atoms with E-state index in [4.69, 9.17) is 0 Å². The summed E-state index contributed by atoms with van der Waals surface area (Å²) in [5.74, 6) is 0.823. The third-order valence-electron chi connectivity index (χ3n) is 4.91. The molecule has 29 heavy (non-hydrogen) atoms. The quantitative estimate of drug-likeness (QED) is 0.408. The molecule has 4 aromatic rings. The zero-order chi connectivity index (χ0) is 19.9. The molecule has 4 rings (SSSR count). The van der Waals surface area contributed by atoms with Crippen molar-refractivity contribution in [3.8, 4) is 0 Å². The van der Waals surface area contributed by atoms with Crippen molar-refractivity contribution in [3.05, 3.63) is 121 Å². The predicted molar refractivity (Wildman–Crippen MR) is 121 cm³/mol. The highest BCUT2D eigenvalue weighted by atomic mass is 31.2. The number of nitrogens with zero attached hydrogens (tertiary/aromatic N) is 2. The Balaban J connectivity index is 1.77. The molecular weight excluding hydrogens is 375 g/mol. The van der Waals surface area contributed by atoms with Crippen LogP contribution < -0.4 is 15.5 Å². The van der Waals surface area contributed by atoms with Gasteiger partial charge in [0.1, 0.15) is 5.82 Å². The molecule has 0 spiro atoms. The molecule has 0 atom stereocenters. The van der Waals surface area contributed by atoms with Crippen molar-refractivity contribution in [2.45, 2.75) is 6.54 Å². The van der Waals surface area contributed by atoms with Crippen molar-refractivity contribution in [1.82, 2.24) is 4.98 Å². The standard InChI is InChI=1S/C25H23N2OP/c28-29(23-14-6-2-7-15-23,24-16-8-3-9-17-24)21-27(25-18-10-11-19-26-25)20-22-12-4-1-5-13-22/h1-19H,20-21H2. The number of hydrogen-bond donors (Lipinski definition) is 0. The first-order chi connectivity index (χ1) is 14.3. The van der Waals surface area contributed by atoms with Crippen LogP contribution in [0.3, 0.4) is 0 Å². The van der Waals surface area contributed by atoms with E-state index < -0.39 is 7.14 Å². The maximum Gasteiger partial charge on any atom is 0.161 e. The molecule has 0 saturated carbocycles. The summed E-state index contributed by atoms with van der Waals surface area (Å²) >= 11 is 0. The van der Waals surface area contributed by atoms with E-state index in [0.717, 1.165) is 22.0 Å². The SMILES string of the molecule is O=P(CN(Cc1ccccc1)c1ccccn1)(c1ccccc1)c1ccccc1. The molecular formula is C25H23N2OP. The minimum atomic E-state index is -2.90. The van der Waals surface area contributed by atoms with Gasteiger partial charge >= 0.3 is 0 Å². The second-order valence-corrected chi connectivity index (χ2v) is 9.72. The van der Waals surface area contributed by atoms with Gasteiger partial charge in [0.15, 0.2) is 7.14 Å². The molecule has 1 heterocycles. The first kappa shape index (κ1) is 19.2. The Morgan fingerprint density at radius 1 is 0.655 bits per heavy atom. The lowest BCUT2D eigenvalue weighted by Gasteiger charge is -2.29. The molecule has 0 saturated heterocycles. The Labute approximate surface area is 172 Å². The third kappa shape index (κ3) is 4.47. The van der Waals surface area contributed by atoms with E-state index in [1.165, 1.54) is 0 Å². The summed E-state index contributed by atoms with van der Waals surface area (Å²) in [5, 5.41) is 1.72. The van der Waals surface area contributed by atoms with Gasteiger partial charge in [0.2, 0.25) is 0 Å². The van der Waals surface area contributed by atoms with Gasteiger partial charge in [0.25, 0.3) is 0 Å². The topological polar surface area (TPSA) is 33.2 Å². The number of benzene rings is 3. The number of hydrogen-bond acceptors (Lipinski definition) is 3. The summed E-state index contributed by atoms with van der Waals surface area (Å²) in [6.45, 7) is 0.640. The summed E-state index contributed by atoms with van der Waals surface area (Å²) in [4.78, 5) is 6.67. The van der Waals surface area contributed by atoms with Crippen LogP contribution in [0.4, 0.5) is 5.82 Å². The van der Waals surface area contributed by atoms with E-state index >= 15 is 0 Å². The molecule has 3 aromatic carbocycles. The van der Waals surface area contributed by atoms with Crippen LogP contribution in [0.25, 0.3) is 0 Å². The highest BCUT2D eigenvalue weighted by Crippen LogP contribution is 2.44. The van der Waals surface area contributed by atoms with Crippen molar-refractivity contribution < 1.29 is 4.57 Å². The van der Waals surface area contributed by atoms with E-state index in [-0.39, 0.29) is 0 Å². The van der Waals surface area contributed by atoms with Crippen molar-refractivity contribution in [2.75, 3.05) is 11.2 Å². The molecule has 0 aliphatic heterocycles. The van der Waals surface area contributed by atoms with E-state index in [1.54, 1.807) is 6.20 Å². The number of rotatable bonds is 7. The van der Waals surface area contributed by atoms with Crippen LogP contribution in [0.5, 0.6) is 0 Å². The summed E-state index contributed by atoms with van der Waals surface area (Å²) in [5.41, 5.74) is 1.16. The fourth-order valence-electron chi connectivity index (χ4n) is 3.44. The van der Waals surface area contributed by atoms with Crippen LogP contribution in [0.15, 0.2) is 115 Å². The van der Waals surface area contributed by atoms with Gasteiger partial charge in [-0.1, -0.05) is 97.1 Å². The Morgan fingerprint density at radius 3 is 1.69 bits per heavy atom. The zero-order valence-electron chi connectivity index (χ0n) is 16.1. The van der Waals surface area contributed by atoms with Gasteiger partial charge in [-0.15, -0.1) is 0 Å². The van der Waals surface area contributed by atoms with Crippen molar-refractivity contribution >= 4 is 23.6 Å². The van der Waals surface area contributed by atoms with Gasteiger partial charge in [-0.3, -0.25) is 0 Å². The van der Waals surface area contributed by atoms with Crippen LogP contribution >= 0.6 is 7.14 Å². The van der Waals surface area contributed by atoms with Crippen LogP contribution in [-0.4, -0.2) is 11.3 Å². The molecule has 0 aliphatic carbocycles. The Kier molecular flexibility index (Phi) is 5.88. The smallest absolute Gasteiger partial charge is 0.161 e. The van der Waals surface area contributed by atoms with Gasteiger partial charge in [0, 0.05) is 23.4 Å². The minimum absolute atomic E-state index is 0.382. The molecule has 0 aliphatic rings. The predicted octanol–water partition coefficient (Wildman–Crippen LogP) is 5.06. The molecule has 0 fully saturated rings. The highest BCUT2D eigenvalue weighted by Gasteiger charge is 2.30. The summed E-state index contributed by atoms with van der Waals surface area (Å²) in [7, 11) is -2.90. The summed E-state index contributed by atoms with van der Waals surface area (Å²) in [6.07, 6.45) is 2.16. The Bertz CT molecular complexity index is 1030. The maximum absolute atomic E-state index is 14.5. The maximum atomic E-state index is 14.5. The van der Waals surface area contributed by atoms with Crippen LogP contribution in [0, 0.1) is 0 Å². The number of aromatic nitrogens is 1. The number of pyridine rings is 1. The van der Waals surface area contributed by atoms with Gasteiger partial charge in [0.05, 0.1) is 6.29 Å². The largest absolute Gasteiger partial charge is 0.344 e.